The SMILES string of the molecule is COc1cc(C(=O)NNc2nc(-c3ccc(Cl)cc3)cs2)cc(OC)c1OC. The molecule has 0 saturated heterocycles. The maximum Gasteiger partial charge on any atom is 0.269 e. The Labute approximate surface area is 171 Å². The number of ether oxygens (including phenoxy) is 3. The van der Waals surface area contributed by atoms with E-state index < -0.39 is 0 Å². The summed E-state index contributed by atoms with van der Waals surface area (Å²) in [6.45, 7) is 0. The van der Waals surface area contributed by atoms with Gasteiger partial charge in [-0.05, 0) is 24.3 Å². The van der Waals surface area contributed by atoms with Crippen LogP contribution in [0.5, 0.6) is 17.2 Å². The summed E-state index contributed by atoms with van der Waals surface area (Å²) in [5, 5.41) is 3.10. The van der Waals surface area contributed by atoms with Crippen LogP contribution in [0, 0.1) is 0 Å². The zero-order chi connectivity index (χ0) is 20.1. The predicted molar refractivity (Wildman–Crippen MR) is 110 cm³/mol. The normalized spacial score (nSPS) is 10.3. The molecule has 3 aromatic rings. The summed E-state index contributed by atoms with van der Waals surface area (Å²) in [5.74, 6) is 0.835. The number of rotatable bonds is 7. The van der Waals surface area contributed by atoms with Gasteiger partial charge in [-0.25, -0.2) is 4.98 Å². The zero-order valence-electron chi connectivity index (χ0n) is 15.4. The van der Waals surface area contributed by atoms with Crippen molar-refractivity contribution in [3.63, 3.8) is 0 Å². The first-order valence-electron chi connectivity index (χ1n) is 8.13. The van der Waals surface area contributed by atoms with E-state index in [4.69, 9.17) is 25.8 Å². The first kappa shape index (κ1) is 19.8. The van der Waals surface area contributed by atoms with E-state index in [0.717, 1.165) is 11.3 Å². The van der Waals surface area contributed by atoms with Crippen molar-refractivity contribution in [3.8, 4) is 28.5 Å². The summed E-state index contributed by atoms with van der Waals surface area (Å²) < 4.78 is 15.8. The van der Waals surface area contributed by atoms with Gasteiger partial charge in [0.1, 0.15) is 0 Å². The fraction of sp³-hybridized carbons (Fsp3) is 0.158. The molecular weight excluding hydrogens is 402 g/mol. The fourth-order valence-electron chi connectivity index (χ4n) is 2.48. The van der Waals surface area contributed by atoms with Crippen LogP contribution in [0.25, 0.3) is 11.3 Å². The van der Waals surface area contributed by atoms with Crippen molar-refractivity contribution < 1.29 is 19.0 Å². The van der Waals surface area contributed by atoms with E-state index in [-0.39, 0.29) is 5.91 Å². The molecule has 0 radical (unpaired) electrons. The van der Waals surface area contributed by atoms with Gasteiger partial charge >= 0.3 is 0 Å². The molecule has 3 rings (SSSR count). The monoisotopic (exact) mass is 419 g/mol. The number of carbonyl (C=O) groups is 1. The highest BCUT2D eigenvalue weighted by Crippen LogP contribution is 2.38. The molecule has 0 fully saturated rings. The Morgan fingerprint density at radius 1 is 1.04 bits per heavy atom. The van der Waals surface area contributed by atoms with Crippen LogP contribution in [0.3, 0.4) is 0 Å². The highest BCUT2D eigenvalue weighted by atomic mass is 35.5. The molecule has 9 heteroatoms. The smallest absolute Gasteiger partial charge is 0.269 e. The van der Waals surface area contributed by atoms with Crippen LogP contribution in [-0.4, -0.2) is 32.2 Å². The van der Waals surface area contributed by atoms with Crippen molar-refractivity contribution >= 4 is 34.0 Å². The Balaban J connectivity index is 1.71. The minimum atomic E-state index is -0.373. The molecular formula is C19H18ClN3O4S. The average Bonchev–Trinajstić information content (AvgIpc) is 3.20. The van der Waals surface area contributed by atoms with E-state index in [1.54, 1.807) is 24.3 Å². The predicted octanol–water partition coefficient (Wildman–Crippen LogP) is 4.25. The fourth-order valence-corrected chi connectivity index (χ4v) is 3.28. The van der Waals surface area contributed by atoms with Gasteiger partial charge in [-0.3, -0.25) is 15.6 Å². The van der Waals surface area contributed by atoms with Gasteiger partial charge in [0.05, 0.1) is 27.0 Å². The maximum absolute atomic E-state index is 12.5. The Hall–Kier alpha value is -2.97. The number of nitrogens with one attached hydrogen (secondary N) is 2. The molecule has 1 aromatic heterocycles. The van der Waals surface area contributed by atoms with Crippen LogP contribution < -0.4 is 25.1 Å². The summed E-state index contributed by atoms with van der Waals surface area (Å²) in [5.41, 5.74) is 7.49. The molecule has 0 aliphatic heterocycles. The molecule has 1 heterocycles. The van der Waals surface area contributed by atoms with E-state index >= 15 is 0 Å². The number of hydrogen-bond acceptors (Lipinski definition) is 7. The highest BCUT2D eigenvalue weighted by molar-refractivity contribution is 7.14. The molecule has 2 N–H and O–H groups in total. The molecule has 0 aliphatic carbocycles. The molecule has 0 bridgehead atoms. The lowest BCUT2D eigenvalue weighted by atomic mass is 10.1. The van der Waals surface area contributed by atoms with Crippen LogP contribution in [-0.2, 0) is 0 Å². The molecule has 7 nitrogen and oxygen atoms in total. The van der Waals surface area contributed by atoms with Gasteiger partial charge in [0.25, 0.3) is 5.91 Å². The number of benzene rings is 2. The lowest BCUT2D eigenvalue weighted by Gasteiger charge is -2.14. The van der Waals surface area contributed by atoms with Gasteiger partial charge in [0, 0.05) is 21.5 Å². The minimum Gasteiger partial charge on any atom is -0.493 e. The second-order valence-electron chi connectivity index (χ2n) is 5.54. The molecule has 0 saturated carbocycles. The second kappa shape index (κ2) is 8.81. The number of hydrazine groups is 1. The number of hydrogen-bond donors (Lipinski definition) is 2. The Morgan fingerprint density at radius 3 is 2.25 bits per heavy atom. The number of aromatic nitrogens is 1. The van der Waals surface area contributed by atoms with Gasteiger partial charge in [-0.2, -0.15) is 0 Å². The minimum absolute atomic E-state index is 0.344. The van der Waals surface area contributed by atoms with Gasteiger partial charge in [0.2, 0.25) is 10.9 Å². The molecule has 28 heavy (non-hydrogen) atoms. The van der Waals surface area contributed by atoms with Crippen LogP contribution in [0.2, 0.25) is 5.02 Å². The van der Waals surface area contributed by atoms with Crippen LogP contribution in [0.15, 0.2) is 41.8 Å². The zero-order valence-corrected chi connectivity index (χ0v) is 17.0. The van der Waals surface area contributed by atoms with E-state index in [2.05, 4.69) is 15.8 Å². The van der Waals surface area contributed by atoms with Crippen molar-refractivity contribution in [2.45, 2.75) is 0 Å². The van der Waals surface area contributed by atoms with Crippen LogP contribution in [0.1, 0.15) is 10.4 Å². The molecule has 2 aromatic carbocycles. The Kier molecular flexibility index (Phi) is 6.23. The third-order valence-electron chi connectivity index (χ3n) is 3.85. The van der Waals surface area contributed by atoms with Crippen molar-refractivity contribution in [1.82, 2.24) is 10.4 Å². The Morgan fingerprint density at radius 2 is 1.68 bits per heavy atom. The highest BCUT2D eigenvalue weighted by Gasteiger charge is 2.17. The van der Waals surface area contributed by atoms with E-state index in [1.807, 2.05) is 17.5 Å². The molecule has 0 atom stereocenters. The molecule has 0 unspecified atom stereocenters. The van der Waals surface area contributed by atoms with E-state index in [0.29, 0.717) is 33.0 Å². The number of nitrogens with zero attached hydrogens (tertiary/aromatic N) is 1. The summed E-state index contributed by atoms with van der Waals surface area (Å²) in [7, 11) is 4.48. The Bertz CT molecular complexity index is 951. The number of anilines is 1. The lowest BCUT2D eigenvalue weighted by Crippen LogP contribution is -2.29. The van der Waals surface area contributed by atoms with E-state index in [9.17, 15) is 4.79 Å². The van der Waals surface area contributed by atoms with Gasteiger partial charge in [-0.15, -0.1) is 11.3 Å². The van der Waals surface area contributed by atoms with Gasteiger partial charge in [0.15, 0.2) is 11.5 Å². The number of amides is 1. The maximum atomic E-state index is 12.5. The summed E-state index contributed by atoms with van der Waals surface area (Å²) in [4.78, 5) is 17.0. The average molecular weight is 420 g/mol. The largest absolute Gasteiger partial charge is 0.493 e. The number of methoxy groups -OCH3 is 3. The lowest BCUT2D eigenvalue weighted by molar-refractivity contribution is 0.0962. The summed E-state index contributed by atoms with van der Waals surface area (Å²) in [6, 6.07) is 10.5. The summed E-state index contributed by atoms with van der Waals surface area (Å²) in [6.07, 6.45) is 0. The molecule has 0 spiro atoms. The quantitative estimate of drug-likeness (QED) is 0.557. The number of thiazole rings is 1. The molecule has 1 amide bonds. The van der Waals surface area contributed by atoms with Crippen LogP contribution >= 0.6 is 22.9 Å². The first-order chi connectivity index (χ1) is 13.5. The molecule has 0 aliphatic rings. The topological polar surface area (TPSA) is 81.7 Å². The number of halogens is 1. The van der Waals surface area contributed by atoms with Crippen molar-refractivity contribution in [2.24, 2.45) is 0 Å². The van der Waals surface area contributed by atoms with E-state index in [1.165, 1.54) is 32.7 Å². The third-order valence-corrected chi connectivity index (χ3v) is 4.86. The standard InChI is InChI=1S/C19H18ClN3O4S/c1-25-15-8-12(9-16(26-2)17(15)27-3)18(24)22-23-19-21-14(10-28-19)11-4-6-13(20)7-5-11/h4-10H,1-3H3,(H,21,23)(H,22,24). The van der Waals surface area contributed by atoms with Crippen molar-refractivity contribution in [2.75, 3.05) is 26.8 Å². The number of carbonyl (C=O) groups excluding carboxylic acids is 1. The third kappa shape index (κ3) is 4.29. The van der Waals surface area contributed by atoms with Gasteiger partial charge in [-0.1, -0.05) is 23.7 Å². The second-order valence-corrected chi connectivity index (χ2v) is 6.83. The van der Waals surface area contributed by atoms with Crippen molar-refractivity contribution in [1.29, 1.82) is 0 Å². The summed E-state index contributed by atoms with van der Waals surface area (Å²) >= 11 is 7.27. The van der Waals surface area contributed by atoms with Crippen LogP contribution in [0.4, 0.5) is 5.13 Å². The molecule has 146 valence electrons. The van der Waals surface area contributed by atoms with Crippen molar-refractivity contribution in [3.05, 3.63) is 52.4 Å². The first-order valence-corrected chi connectivity index (χ1v) is 9.39. The van der Waals surface area contributed by atoms with Gasteiger partial charge < -0.3 is 14.2 Å².